The normalized spacial score (nSPS) is 12.6. The van der Waals surface area contributed by atoms with Gasteiger partial charge in [0.25, 0.3) is 0 Å². The van der Waals surface area contributed by atoms with E-state index in [4.69, 9.17) is 15.2 Å². The van der Waals surface area contributed by atoms with Crippen molar-refractivity contribution >= 4 is 57.4 Å². The van der Waals surface area contributed by atoms with Crippen molar-refractivity contribution in [3.63, 3.8) is 0 Å². The van der Waals surface area contributed by atoms with E-state index in [1.165, 1.54) is 0 Å². The van der Waals surface area contributed by atoms with E-state index in [0.717, 1.165) is 5.56 Å². The molecule has 14 heteroatoms. The van der Waals surface area contributed by atoms with Crippen LogP contribution in [0.25, 0.3) is 0 Å². The fraction of sp³-hybridized carbons (Fsp3) is 0.560. The first-order chi connectivity index (χ1) is 18.7. The van der Waals surface area contributed by atoms with Gasteiger partial charge in [0.05, 0.1) is 32.9 Å². The molecule has 1 aromatic carbocycles. The van der Waals surface area contributed by atoms with Gasteiger partial charge in [0.1, 0.15) is 18.7 Å². The van der Waals surface area contributed by atoms with Gasteiger partial charge in [-0.25, -0.2) is 0 Å². The Morgan fingerprint density at radius 2 is 1.56 bits per heavy atom. The molecule has 0 aliphatic heterocycles. The number of amides is 4. The molecule has 12 nitrogen and oxygen atoms in total. The minimum absolute atomic E-state index is 0.0243. The third-order valence-electron chi connectivity index (χ3n) is 5.12. The second-order valence-corrected chi connectivity index (χ2v) is 11.3. The maximum Gasteiger partial charge on any atom is 0.246 e. The van der Waals surface area contributed by atoms with Gasteiger partial charge in [-0.2, -0.15) is 0 Å². The van der Waals surface area contributed by atoms with E-state index in [1.54, 1.807) is 0 Å². The molecule has 39 heavy (non-hydrogen) atoms. The van der Waals surface area contributed by atoms with Gasteiger partial charge >= 0.3 is 0 Å². The highest BCUT2D eigenvalue weighted by Gasteiger charge is 2.28. The van der Waals surface area contributed by atoms with Crippen LogP contribution in [0.1, 0.15) is 25.8 Å². The number of benzene rings is 1. The molecule has 0 saturated heterocycles. The van der Waals surface area contributed by atoms with E-state index in [9.17, 15) is 24.0 Å². The van der Waals surface area contributed by atoms with Crippen LogP contribution in [0.15, 0.2) is 30.3 Å². The Balaban J connectivity index is 2.77. The van der Waals surface area contributed by atoms with E-state index in [1.807, 2.05) is 66.2 Å². The zero-order valence-electron chi connectivity index (χ0n) is 22.3. The third kappa shape index (κ3) is 16.5. The molecule has 0 fully saturated rings. The van der Waals surface area contributed by atoms with Crippen LogP contribution in [0, 0.1) is 5.92 Å². The Morgan fingerprint density at radius 3 is 2.21 bits per heavy atom. The van der Waals surface area contributed by atoms with E-state index >= 15 is 0 Å². The van der Waals surface area contributed by atoms with Crippen LogP contribution in [0.2, 0.25) is 0 Å². The quantitative estimate of drug-likeness (QED) is 0.0728. The average molecular weight is 679 g/mol. The highest BCUT2D eigenvalue weighted by atomic mass is 127. The number of nitrogens with two attached hydrogens (primary N) is 1. The molecule has 1 rings (SSSR count). The van der Waals surface area contributed by atoms with Crippen LogP contribution in [-0.4, -0.2) is 87.3 Å². The van der Waals surface area contributed by atoms with Gasteiger partial charge in [0.2, 0.25) is 23.6 Å². The summed E-state index contributed by atoms with van der Waals surface area (Å²) >= 11 is 1.95. The molecule has 0 spiro atoms. The number of carbonyl (C=O) groups is 5. The van der Waals surface area contributed by atoms with Gasteiger partial charge in [-0.3, -0.25) is 24.0 Å². The largest absolute Gasteiger partial charge is 0.378 e. The smallest absolute Gasteiger partial charge is 0.246 e. The number of hydrogen-bond donors (Lipinski definition) is 5. The topological polar surface area (TPSA) is 178 Å². The van der Waals surface area contributed by atoms with Crippen LogP contribution < -0.4 is 27.0 Å². The summed E-state index contributed by atoms with van der Waals surface area (Å²) in [4.78, 5) is 62.2. The fourth-order valence-electron chi connectivity index (χ4n) is 3.30. The van der Waals surface area contributed by atoms with E-state index in [2.05, 4.69) is 21.3 Å². The molecular weight excluding hydrogens is 640 g/mol. The second-order valence-electron chi connectivity index (χ2n) is 8.97. The van der Waals surface area contributed by atoms with Gasteiger partial charge in [0.15, 0.2) is 5.52 Å². The lowest BCUT2D eigenvalue weighted by molar-refractivity contribution is -0.133. The molecule has 0 bridgehead atoms. The number of ether oxygens (including phenoxy) is 2. The lowest BCUT2D eigenvalue weighted by atomic mass is 10.0. The summed E-state index contributed by atoms with van der Waals surface area (Å²) in [5, 5.41) is 10.4. The van der Waals surface area contributed by atoms with Crippen molar-refractivity contribution in [2.24, 2.45) is 11.7 Å². The number of hydrogen-bond acceptors (Lipinski definition) is 8. The Kier molecular flexibility index (Phi) is 18.5. The van der Waals surface area contributed by atoms with Crippen LogP contribution in [0.5, 0.6) is 0 Å². The van der Waals surface area contributed by atoms with Crippen LogP contribution in [-0.2, 0) is 39.9 Å². The molecule has 1 aromatic rings. The predicted octanol–water partition coefficient (Wildman–Crippen LogP) is 0.0242. The molecule has 4 amide bonds. The van der Waals surface area contributed by atoms with Gasteiger partial charge in [-0.05, 0) is 39.9 Å². The zero-order chi connectivity index (χ0) is 29.0. The van der Waals surface area contributed by atoms with E-state index in [-0.39, 0.29) is 50.4 Å². The summed E-state index contributed by atoms with van der Waals surface area (Å²) < 4.78 is 10.3. The first-order valence-electron chi connectivity index (χ1n) is 12.6. The highest BCUT2D eigenvalue weighted by Crippen LogP contribution is 2.20. The fourth-order valence-corrected chi connectivity index (χ4v) is 4.03. The molecular formula is C25H39IN5O7P. The summed E-state index contributed by atoms with van der Waals surface area (Å²) in [6, 6.07) is 7.20. The van der Waals surface area contributed by atoms with Crippen molar-refractivity contribution in [3.8, 4) is 0 Å². The molecule has 0 heterocycles. The van der Waals surface area contributed by atoms with Crippen LogP contribution >= 0.6 is 28.3 Å². The molecule has 218 valence electrons. The van der Waals surface area contributed by atoms with Crippen molar-refractivity contribution in [1.29, 1.82) is 0 Å². The minimum atomic E-state index is -1.01. The summed E-state index contributed by atoms with van der Waals surface area (Å²) in [6.45, 7) is 4.39. The summed E-state index contributed by atoms with van der Waals surface area (Å²) in [5.74, 6) is -2.02. The zero-order valence-corrected chi connectivity index (χ0v) is 25.5. The molecule has 3 unspecified atom stereocenters. The molecule has 0 saturated carbocycles. The standard InChI is InChI=1S/C25H39IN5O7P/c1-17(2)12-19(24(35)29-15-23(34)39-26)31-25(36)20(13-18-6-4-3-5-7-18)30-21(32)14-28-22(33)16-38-11-10-37-9-8-27/h3-7,17,19-20,39H,8-16,27H2,1-2H3,(H,28,33)(H,29,35)(H,30,32)(H,31,36). The highest BCUT2D eigenvalue weighted by molar-refractivity contribution is 14.2. The van der Waals surface area contributed by atoms with Crippen LogP contribution in [0.4, 0.5) is 0 Å². The summed E-state index contributed by atoms with van der Waals surface area (Å²) in [6.07, 6.45) is 0.539. The van der Waals surface area contributed by atoms with Crippen molar-refractivity contribution in [1.82, 2.24) is 21.3 Å². The lowest BCUT2D eigenvalue weighted by Crippen LogP contribution is -2.56. The van der Waals surface area contributed by atoms with Gasteiger partial charge in [-0.15, -0.1) is 0 Å². The molecule has 0 aromatic heterocycles. The number of carbonyl (C=O) groups excluding carboxylic acids is 5. The first-order valence-corrected chi connectivity index (χ1v) is 16.7. The Morgan fingerprint density at radius 1 is 0.872 bits per heavy atom. The maximum atomic E-state index is 13.3. The number of halogens is 1. The van der Waals surface area contributed by atoms with Crippen LogP contribution in [0.3, 0.4) is 0 Å². The molecule has 0 radical (unpaired) electrons. The maximum absolute atomic E-state index is 13.3. The summed E-state index contributed by atoms with van der Waals surface area (Å²) in [5.41, 5.74) is 6.00. The number of nitrogens with one attached hydrogen (secondary N) is 4. The van der Waals surface area contributed by atoms with Gasteiger partial charge in [0, 0.05) is 19.2 Å². The Labute approximate surface area is 243 Å². The lowest BCUT2D eigenvalue weighted by Gasteiger charge is -2.24. The minimum Gasteiger partial charge on any atom is -0.378 e. The SMILES string of the molecule is CC(C)CC(NC(=O)C(Cc1ccccc1)NC(=O)CNC(=O)COCCOCCN)C(=O)NCC(=O)PI. The van der Waals surface area contributed by atoms with Gasteiger partial charge in [-0.1, -0.05) is 44.2 Å². The summed E-state index contributed by atoms with van der Waals surface area (Å²) in [7, 11) is 0. The van der Waals surface area contributed by atoms with Gasteiger partial charge < -0.3 is 36.5 Å². The molecule has 0 aliphatic carbocycles. The molecule has 0 aliphatic rings. The molecule has 3 atom stereocenters. The van der Waals surface area contributed by atoms with E-state index < -0.39 is 35.7 Å². The third-order valence-corrected chi connectivity index (χ3v) is 7.31. The second kappa shape index (κ2) is 20.7. The van der Waals surface area contributed by atoms with Crippen molar-refractivity contribution in [3.05, 3.63) is 35.9 Å². The molecule has 6 N–H and O–H groups in total. The van der Waals surface area contributed by atoms with E-state index in [0.29, 0.717) is 26.2 Å². The average Bonchev–Trinajstić information content (AvgIpc) is 2.91. The first kappa shape index (κ1) is 34.8. The van der Waals surface area contributed by atoms with Crippen molar-refractivity contribution < 1.29 is 33.4 Å². The number of rotatable bonds is 20. The Hall–Kier alpha value is -2.19. The van der Waals surface area contributed by atoms with Crippen molar-refractivity contribution in [2.75, 3.05) is 46.1 Å². The Bertz CT molecular complexity index is 923. The monoisotopic (exact) mass is 679 g/mol. The predicted molar refractivity (Wildman–Crippen MR) is 158 cm³/mol. The van der Waals surface area contributed by atoms with Crippen molar-refractivity contribution in [2.45, 2.75) is 38.8 Å².